The number of imide groups is 1. The molecular formula is C27H31ClN4O4. The lowest BCUT2D eigenvalue weighted by atomic mass is 9.83. The molecule has 0 aliphatic carbocycles. The third-order valence-electron chi connectivity index (χ3n) is 7.75. The number of aromatic nitrogens is 1. The Kier molecular flexibility index (Phi) is 6.61. The van der Waals surface area contributed by atoms with E-state index in [4.69, 9.17) is 11.6 Å². The number of halogens is 1. The van der Waals surface area contributed by atoms with E-state index in [1.807, 2.05) is 32.0 Å². The van der Waals surface area contributed by atoms with Gasteiger partial charge in [-0.3, -0.25) is 29.6 Å². The molecule has 5 rings (SSSR count). The third-order valence-corrected chi connectivity index (χ3v) is 8.17. The van der Waals surface area contributed by atoms with Crippen molar-refractivity contribution in [2.45, 2.75) is 64.3 Å². The van der Waals surface area contributed by atoms with Crippen molar-refractivity contribution in [3.63, 3.8) is 0 Å². The third kappa shape index (κ3) is 4.77. The SMILES string of the molecule is CC(C)(O)C1CCN(Cc2ccnc(-c3ccc4c(c3)CN(C3CCC(=O)NC3=O)C4=O)c2Cl)CC1. The van der Waals surface area contributed by atoms with E-state index in [0.29, 0.717) is 41.7 Å². The Balaban J connectivity index is 1.32. The van der Waals surface area contributed by atoms with E-state index in [-0.39, 0.29) is 18.2 Å². The van der Waals surface area contributed by atoms with Crippen LogP contribution in [0.25, 0.3) is 11.3 Å². The number of piperidine rings is 2. The Hall–Kier alpha value is -2.81. The number of hydrogen-bond acceptors (Lipinski definition) is 6. The molecule has 0 saturated carbocycles. The van der Waals surface area contributed by atoms with Crippen LogP contribution in [0.5, 0.6) is 0 Å². The lowest BCUT2D eigenvalue weighted by Crippen LogP contribution is -2.52. The highest BCUT2D eigenvalue weighted by atomic mass is 35.5. The molecule has 0 spiro atoms. The molecule has 9 heteroatoms. The largest absolute Gasteiger partial charge is 0.390 e. The van der Waals surface area contributed by atoms with Crippen LogP contribution in [0.15, 0.2) is 30.5 Å². The van der Waals surface area contributed by atoms with Gasteiger partial charge in [-0.15, -0.1) is 0 Å². The van der Waals surface area contributed by atoms with Gasteiger partial charge in [0.1, 0.15) is 6.04 Å². The summed E-state index contributed by atoms with van der Waals surface area (Å²) in [5, 5.41) is 13.2. The second-order valence-corrected chi connectivity index (χ2v) is 11.0. The molecule has 3 aliphatic heterocycles. The molecule has 2 N–H and O–H groups in total. The number of pyridine rings is 1. The molecule has 2 aromatic rings. The number of benzene rings is 1. The Morgan fingerprint density at radius 1 is 1.14 bits per heavy atom. The highest BCUT2D eigenvalue weighted by molar-refractivity contribution is 6.33. The minimum absolute atomic E-state index is 0.201. The summed E-state index contributed by atoms with van der Waals surface area (Å²) in [6, 6.07) is 6.83. The summed E-state index contributed by atoms with van der Waals surface area (Å²) >= 11 is 6.84. The minimum atomic E-state index is -0.656. The molecule has 36 heavy (non-hydrogen) atoms. The van der Waals surface area contributed by atoms with Gasteiger partial charge in [0.2, 0.25) is 11.8 Å². The Bertz CT molecular complexity index is 1220. The number of carbonyl (C=O) groups is 3. The fraction of sp³-hybridized carbons (Fsp3) is 0.481. The zero-order chi connectivity index (χ0) is 25.6. The summed E-state index contributed by atoms with van der Waals surface area (Å²) in [5.41, 5.74) is 3.19. The van der Waals surface area contributed by atoms with Gasteiger partial charge in [0.15, 0.2) is 0 Å². The normalized spacial score (nSPS) is 21.6. The first kappa shape index (κ1) is 24.9. The fourth-order valence-electron chi connectivity index (χ4n) is 5.57. The Morgan fingerprint density at radius 3 is 2.58 bits per heavy atom. The lowest BCUT2D eigenvalue weighted by Gasteiger charge is -2.37. The number of amides is 3. The fourth-order valence-corrected chi connectivity index (χ4v) is 5.85. The zero-order valence-electron chi connectivity index (χ0n) is 20.6. The molecule has 1 unspecified atom stereocenters. The number of nitrogens with zero attached hydrogens (tertiary/aromatic N) is 3. The lowest BCUT2D eigenvalue weighted by molar-refractivity contribution is -0.136. The highest BCUT2D eigenvalue weighted by Gasteiger charge is 2.39. The number of carbonyl (C=O) groups excluding carboxylic acids is 3. The van der Waals surface area contributed by atoms with E-state index in [2.05, 4.69) is 15.2 Å². The summed E-state index contributed by atoms with van der Waals surface area (Å²) in [7, 11) is 0. The number of aliphatic hydroxyl groups is 1. The topological polar surface area (TPSA) is 103 Å². The van der Waals surface area contributed by atoms with E-state index in [9.17, 15) is 19.5 Å². The van der Waals surface area contributed by atoms with Crippen molar-refractivity contribution in [1.82, 2.24) is 20.1 Å². The number of hydrogen-bond donors (Lipinski definition) is 2. The maximum Gasteiger partial charge on any atom is 0.255 e. The standard InChI is InChI=1S/C27H31ClN4O4/c1-27(2,36)19-8-11-31(12-9-19)14-17-7-10-29-24(23(17)28)16-3-4-20-18(13-16)15-32(26(20)35)21-5-6-22(33)30-25(21)34/h3-4,7,10,13,19,21,36H,5-6,8-9,11-12,14-15H2,1-2H3,(H,30,33,34). The molecule has 190 valence electrons. The first-order chi connectivity index (χ1) is 17.1. The zero-order valence-corrected chi connectivity index (χ0v) is 21.3. The molecule has 3 amide bonds. The van der Waals surface area contributed by atoms with Crippen molar-refractivity contribution >= 4 is 29.3 Å². The summed E-state index contributed by atoms with van der Waals surface area (Å²) in [6.07, 6.45) is 4.21. The second-order valence-electron chi connectivity index (χ2n) is 10.6. The Morgan fingerprint density at radius 2 is 1.89 bits per heavy atom. The predicted molar refractivity (Wildman–Crippen MR) is 135 cm³/mol. The van der Waals surface area contributed by atoms with Crippen LogP contribution in [0.1, 0.15) is 61.0 Å². The summed E-state index contributed by atoms with van der Waals surface area (Å²) in [6.45, 7) is 6.59. The number of nitrogens with one attached hydrogen (secondary N) is 1. The molecule has 4 heterocycles. The van der Waals surface area contributed by atoms with E-state index in [1.54, 1.807) is 17.2 Å². The predicted octanol–water partition coefficient (Wildman–Crippen LogP) is 3.15. The monoisotopic (exact) mass is 510 g/mol. The van der Waals surface area contributed by atoms with Gasteiger partial charge in [-0.25, -0.2) is 0 Å². The van der Waals surface area contributed by atoms with Gasteiger partial charge in [-0.2, -0.15) is 0 Å². The average Bonchev–Trinajstić information content (AvgIpc) is 3.15. The maximum atomic E-state index is 13.0. The van der Waals surface area contributed by atoms with Gasteiger partial charge in [-0.05, 0) is 81.4 Å². The highest BCUT2D eigenvalue weighted by Crippen LogP contribution is 2.35. The molecule has 1 aromatic carbocycles. The van der Waals surface area contributed by atoms with Crippen molar-refractivity contribution in [3.8, 4) is 11.3 Å². The van der Waals surface area contributed by atoms with Crippen LogP contribution < -0.4 is 5.32 Å². The maximum absolute atomic E-state index is 13.0. The molecule has 2 saturated heterocycles. The van der Waals surface area contributed by atoms with Crippen molar-refractivity contribution in [2.75, 3.05) is 13.1 Å². The van der Waals surface area contributed by atoms with Crippen LogP contribution in [0.2, 0.25) is 5.02 Å². The molecule has 2 fully saturated rings. The van der Waals surface area contributed by atoms with Crippen LogP contribution in [0, 0.1) is 5.92 Å². The molecule has 8 nitrogen and oxygen atoms in total. The summed E-state index contributed by atoms with van der Waals surface area (Å²) < 4.78 is 0. The van der Waals surface area contributed by atoms with Gasteiger partial charge >= 0.3 is 0 Å². The van der Waals surface area contributed by atoms with Crippen LogP contribution in [-0.2, 0) is 22.7 Å². The van der Waals surface area contributed by atoms with Crippen molar-refractivity contribution in [2.24, 2.45) is 5.92 Å². The van der Waals surface area contributed by atoms with Gasteiger partial charge in [-0.1, -0.05) is 17.7 Å². The average molecular weight is 511 g/mol. The molecule has 0 radical (unpaired) electrons. The van der Waals surface area contributed by atoms with E-state index in [1.165, 1.54) is 0 Å². The first-order valence-electron chi connectivity index (χ1n) is 12.5. The summed E-state index contributed by atoms with van der Waals surface area (Å²) in [5.74, 6) is -0.624. The van der Waals surface area contributed by atoms with E-state index < -0.39 is 17.6 Å². The van der Waals surface area contributed by atoms with Crippen LogP contribution in [0.4, 0.5) is 0 Å². The smallest absolute Gasteiger partial charge is 0.255 e. The molecule has 1 atom stereocenters. The van der Waals surface area contributed by atoms with E-state index >= 15 is 0 Å². The molecule has 3 aliphatic rings. The molecule has 1 aromatic heterocycles. The van der Waals surface area contributed by atoms with Crippen molar-refractivity contribution in [3.05, 3.63) is 52.2 Å². The Labute approximate surface area is 215 Å². The van der Waals surface area contributed by atoms with Crippen LogP contribution in [-0.4, -0.2) is 62.3 Å². The quantitative estimate of drug-likeness (QED) is 0.599. The van der Waals surface area contributed by atoms with Gasteiger partial charge in [0, 0.05) is 36.8 Å². The van der Waals surface area contributed by atoms with Crippen LogP contribution in [0.3, 0.4) is 0 Å². The second kappa shape index (κ2) is 9.57. The number of fused-ring (bicyclic) bond motifs is 1. The number of likely N-dealkylation sites (tertiary alicyclic amines) is 1. The van der Waals surface area contributed by atoms with Crippen molar-refractivity contribution < 1.29 is 19.5 Å². The first-order valence-corrected chi connectivity index (χ1v) is 12.9. The van der Waals surface area contributed by atoms with Gasteiger partial charge in [0.25, 0.3) is 5.91 Å². The van der Waals surface area contributed by atoms with Crippen molar-refractivity contribution in [1.29, 1.82) is 0 Å². The number of rotatable bonds is 5. The molecular weight excluding hydrogens is 480 g/mol. The summed E-state index contributed by atoms with van der Waals surface area (Å²) in [4.78, 5) is 45.3. The molecule has 0 bridgehead atoms. The van der Waals surface area contributed by atoms with Gasteiger partial charge in [0.05, 0.1) is 16.3 Å². The minimum Gasteiger partial charge on any atom is -0.390 e. The van der Waals surface area contributed by atoms with Gasteiger partial charge < -0.3 is 10.0 Å². The van der Waals surface area contributed by atoms with E-state index in [0.717, 1.165) is 42.6 Å². The van der Waals surface area contributed by atoms with Crippen LogP contribution >= 0.6 is 11.6 Å².